The molecule has 1 saturated heterocycles. The number of carbonyl (C=O) groups excluding carboxylic acids is 1. The first-order valence-electron chi connectivity index (χ1n) is 7.76. The number of carbonyl (C=O) groups is 1. The van der Waals surface area contributed by atoms with Gasteiger partial charge in [-0.15, -0.1) is 0 Å². The Hall–Kier alpha value is -0.680. The zero-order chi connectivity index (χ0) is 14.8. The third kappa shape index (κ3) is 3.31. The van der Waals surface area contributed by atoms with Crippen LogP contribution in [-0.2, 0) is 4.79 Å². The fourth-order valence-electron chi connectivity index (χ4n) is 3.25. The Morgan fingerprint density at radius 3 is 2.15 bits per heavy atom. The Bertz CT molecular complexity index is 369. The number of hydrogen-bond acceptors (Lipinski definition) is 3. The second kappa shape index (κ2) is 6.39. The molecule has 1 amide bonds. The van der Waals surface area contributed by atoms with E-state index in [2.05, 4.69) is 18.7 Å². The number of hydrogen-bond donors (Lipinski definition) is 1. The van der Waals surface area contributed by atoms with Crippen LogP contribution >= 0.6 is 12.2 Å². The van der Waals surface area contributed by atoms with Crippen LogP contribution in [0.15, 0.2) is 0 Å². The Morgan fingerprint density at radius 1 is 1.10 bits per heavy atom. The van der Waals surface area contributed by atoms with Gasteiger partial charge in [-0.2, -0.15) is 0 Å². The molecule has 1 heterocycles. The summed E-state index contributed by atoms with van der Waals surface area (Å²) in [6, 6.07) is 0. The normalized spacial score (nSPS) is 22.8. The van der Waals surface area contributed by atoms with E-state index in [4.69, 9.17) is 18.0 Å². The van der Waals surface area contributed by atoms with Crippen molar-refractivity contribution in [3.8, 4) is 0 Å². The maximum atomic E-state index is 12.5. The minimum atomic E-state index is -0.255. The predicted molar refractivity (Wildman–Crippen MR) is 85.6 cm³/mol. The van der Waals surface area contributed by atoms with E-state index in [9.17, 15) is 4.79 Å². The van der Waals surface area contributed by atoms with Gasteiger partial charge in [0.25, 0.3) is 0 Å². The van der Waals surface area contributed by atoms with Crippen LogP contribution in [-0.4, -0.2) is 52.4 Å². The lowest BCUT2D eigenvalue weighted by Crippen LogP contribution is -2.60. The van der Waals surface area contributed by atoms with E-state index in [0.717, 1.165) is 39.0 Å². The van der Waals surface area contributed by atoms with Crippen LogP contribution in [0.25, 0.3) is 0 Å². The first-order chi connectivity index (χ1) is 9.43. The molecule has 2 rings (SSSR count). The molecule has 5 heteroatoms. The molecule has 0 unspecified atom stereocenters. The molecule has 1 aliphatic heterocycles. The Labute approximate surface area is 127 Å². The summed E-state index contributed by atoms with van der Waals surface area (Å²) in [7, 11) is 0. The molecule has 0 bridgehead atoms. The molecule has 0 atom stereocenters. The maximum Gasteiger partial charge on any atom is 0.225 e. The largest absolute Gasteiger partial charge is 0.392 e. The standard InChI is InChI=1S/C15H27N3OS/c1-15(2,14(16)20)18-10-8-17(9-11-18)13(19)12-6-4-3-5-7-12/h12H,3-11H2,1-2H3,(H2,16,20). The first kappa shape index (κ1) is 15.7. The van der Waals surface area contributed by atoms with Crippen LogP contribution < -0.4 is 5.73 Å². The van der Waals surface area contributed by atoms with Gasteiger partial charge in [0, 0.05) is 32.1 Å². The third-order valence-corrected chi connectivity index (χ3v) is 5.44. The van der Waals surface area contributed by atoms with Crippen molar-refractivity contribution in [3.05, 3.63) is 0 Å². The summed E-state index contributed by atoms with van der Waals surface area (Å²) in [5.41, 5.74) is 5.57. The van der Waals surface area contributed by atoms with Crippen molar-refractivity contribution in [2.24, 2.45) is 11.7 Å². The highest BCUT2D eigenvalue weighted by Crippen LogP contribution is 2.26. The molecule has 4 nitrogen and oxygen atoms in total. The highest BCUT2D eigenvalue weighted by Gasteiger charge is 2.34. The number of nitrogens with two attached hydrogens (primary N) is 1. The van der Waals surface area contributed by atoms with Gasteiger partial charge in [-0.25, -0.2) is 0 Å². The molecule has 0 aromatic carbocycles. The lowest BCUT2D eigenvalue weighted by atomic mass is 9.88. The van der Waals surface area contributed by atoms with Crippen molar-refractivity contribution in [1.29, 1.82) is 0 Å². The molecule has 0 spiro atoms. The van der Waals surface area contributed by atoms with E-state index in [0.29, 0.717) is 10.9 Å². The number of nitrogens with zero attached hydrogens (tertiary/aromatic N) is 2. The average molecular weight is 297 g/mol. The lowest BCUT2D eigenvalue weighted by molar-refractivity contribution is -0.138. The van der Waals surface area contributed by atoms with Gasteiger partial charge in [-0.05, 0) is 26.7 Å². The Balaban J connectivity index is 1.87. The molecule has 1 saturated carbocycles. The number of piperazine rings is 1. The lowest BCUT2D eigenvalue weighted by Gasteiger charge is -2.44. The molecule has 0 aromatic heterocycles. The van der Waals surface area contributed by atoms with Crippen molar-refractivity contribution >= 4 is 23.1 Å². The summed E-state index contributed by atoms with van der Waals surface area (Å²) in [5, 5.41) is 0. The quantitative estimate of drug-likeness (QED) is 0.807. The van der Waals surface area contributed by atoms with Gasteiger partial charge in [-0.3, -0.25) is 9.69 Å². The zero-order valence-corrected chi connectivity index (χ0v) is 13.5. The van der Waals surface area contributed by atoms with Crippen molar-refractivity contribution in [2.45, 2.75) is 51.5 Å². The minimum absolute atomic E-state index is 0.255. The monoisotopic (exact) mass is 297 g/mol. The average Bonchev–Trinajstić information content (AvgIpc) is 2.47. The molecule has 0 radical (unpaired) electrons. The highest BCUT2D eigenvalue weighted by atomic mass is 32.1. The fourth-order valence-corrected chi connectivity index (χ4v) is 3.38. The number of thiocarbonyl (C=S) groups is 1. The molecule has 2 N–H and O–H groups in total. The molecule has 2 fully saturated rings. The second-order valence-corrected chi connectivity index (χ2v) is 7.01. The molecule has 0 aromatic rings. The number of amides is 1. The van der Waals surface area contributed by atoms with Crippen LogP contribution in [0.3, 0.4) is 0 Å². The Morgan fingerprint density at radius 2 is 1.65 bits per heavy atom. The molecular weight excluding hydrogens is 270 g/mol. The van der Waals surface area contributed by atoms with Gasteiger partial charge in [0.1, 0.15) is 0 Å². The van der Waals surface area contributed by atoms with Crippen molar-refractivity contribution in [2.75, 3.05) is 26.2 Å². The van der Waals surface area contributed by atoms with Crippen molar-refractivity contribution in [1.82, 2.24) is 9.80 Å². The molecule has 20 heavy (non-hydrogen) atoms. The predicted octanol–water partition coefficient (Wildman–Crippen LogP) is 1.78. The van der Waals surface area contributed by atoms with Crippen molar-refractivity contribution in [3.63, 3.8) is 0 Å². The molecule has 114 valence electrons. The first-order valence-corrected chi connectivity index (χ1v) is 8.17. The summed E-state index contributed by atoms with van der Waals surface area (Å²) >= 11 is 5.15. The number of rotatable bonds is 3. The van der Waals surface area contributed by atoms with E-state index in [-0.39, 0.29) is 11.5 Å². The zero-order valence-electron chi connectivity index (χ0n) is 12.7. The van der Waals surface area contributed by atoms with Gasteiger partial charge in [0.15, 0.2) is 0 Å². The van der Waals surface area contributed by atoms with Crippen LogP contribution in [0, 0.1) is 5.92 Å². The highest BCUT2D eigenvalue weighted by molar-refractivity contribution is 7.80. The summed E-state index contributed by atoms with van der Waals surface area (Å²) in [6.45, 7) is 7.47. The van der Waals surface area contributed by atoms with Crippen LogP contribution in [0.1, 0.15) is 46.0 Å². The molecule has 2 aliphatic rings. The molecular formula is C15H27N3OS. The van der Waals surface area contributed by atoms with Crippen LogP contribution in [0.2, 0.25) is 0 Å². The van der Waals surface area contributed by atoms with E-state index >= 15 is 0 Å². The van der Waals surface area contributed by atoms with E-state index in [1.807, 2.05) is 4.90 Å². The SMILES string of the molecule is CC(C)(C(N)=S)N1CCN(C(=O)C2CCCCC2)CC1. The maximum absolute atomic E-state index is 12.5. The van der Waals surface area contributed by atoms with Gasteiger partial charge < -0.3 is 10.6 Å². The van der Waals surface area contributed by atoms with E-state index in [1.165, 1.54) is 19.3 Å². The van der Waals surface area contributed by atoms with Crippen LogP contribution in [0.4, 0.5) is 0 Å². The second-order valence-electron chi connectivity index (χ2n) is 6.57. The van der Waals surface area contributed by atoms with Crippen LogP contribution in [0.5, 0.6) is 0 Å². The Kier molecular flexibility index (Phi) is 5.02. The van der Waals surface area contributed by atoms with Gasteiger partial charge in [0.2, 0.25) is 5.91 Å². The summed E-state index contributed by atoms with van der Waals surface area (Å²) in [5.74, 6) is 0.649. The molecule has 1 aliphatic carbocycles. The summed E-state index contributed by atoms with van der Waals surface area (Å²) < 4.78 is 0. The topological polar surface area (TPSA) is 49.6 Å². The smallest absolute Gasteiger partial charge is 0.225 e. The fraction of sp³-hybridized carbons (Fsp3) is 0.867. The van der Waals surface area contributed by atoms with Crippen molar-refractivity contribution < 1.29 is 4.79 Å². The summed E-state index contributed by atoms with van der Waals surface area (Å²) in [4.78, 5) is 17.4. The van der Waals surface area contributed by atoms with E-state index in [1.54, 1.807) is 0 Å². The third-order valence-electron chi connectivity index (χ3n) is 4.94. The van der Waals surface area contributed by atoms with Gasteiger partial charge in [-0.1, -0.05) is 31.5 Å². The van der Waals surface area contributed by atoms with Gasteiger partial charge >= 0.3 is 0 Å². The van der Waals surface area contributed by atoms with Gasteiger partial charge in [0.05, 0.1) is 10.5 Å². The van der Waals surface area contributed by atoms with E-state index < -0.39 is 0 Å². The summed E-state index contributed by atoms with van der Waals surface area (Å²) in [6.07, 6.45) is 5.88. The minimum Gasteiger partial charge on any atom is -0.392 e.